The van der Waals surface area contributed by atoms with Gasteiger partial charge in [0.15, 0.2) is 5.13 Å². The lowest BCUT2D eigenvalue weighted by molar-refractivity contribution is -0.116. The largest absolute Gasteiger partial charge is 0.306 e. The van der Waals surface area contributed by atoms with Crippen molar-refractivity contribution in [2.24, 2.45) is 0 Å². The van der Waals surface area contributed by atoms with Crippen LogP contribution in [0.25, 0.3) is 10.2 Å². The Kier molecular flexibility index (Phi) is 5.47. The van der Waals surface area contributed by atoms with Crippen LogP contribution in [0.15, 0.2) is 59.4 Å². The standard InChI is InChI=1S/C24H21N5O3S/c1-15-6-7-17-20(14-15)33-24(25-17)26-21(30)11-13-29-22(31)9-8-18(27-29)23(32)28-12-10-16-4-2-3-5-19(16)28/h2-9,14H,10-13H2,1H3,(H,25,26,30). The van der Waals surface area contributed by atoms with Crippen LogP contribution in [0.5, 0.6) is 0 Å². The number of amides is 2. The first-order chi connectivity index (χ1) is 16.0. The lowest BCUT2D eigenvalue weighted by Gasteiger charge is -2.17. The monoisotopic (exact) mass is 459 g/mol. The zero-order valence-electron chi connectivity index (χ0n) is 17.9. The molecule has 0 atom stereocenters. The van der Waals surface area contributed by atoms with E-state index in [4.69, 9.17) is 0 Å². The van der Waals surface area contributed by atoms with E-state index in [1.807, 2.05) is 49.4 Å². The van der Waals surface area contributed by atoms with Gasteiger partial charge in [0, 0.05) is 24.7 Å². The van der Waals surface area contributed by atoms with Crippen molar-refractivity contribution in [2.45, 2.75) is 26.3 Å². The highest BCUT2D eigenvalue weighted by Gasteiger charge is 2.26. The predicted octanol–water partition coefficient (Wildman–Crippen LogP) is 3.39. The molecule has 5 rings (SSSR count). The van der Waals surface area contributed by atoms with Crippen LogP contribution in [0.2, 0.25) is 0 Å². The Morgan fingerprint density at radius 1 is 1.12 bits per heavy atom. The molecular formula is C24H21N5O3S. The summed E-state index contributed by atoms with van der Waals surface area (Å²) in [5.41, 5.74) is 3.74. The van der Waals surface area contributed by atoms with E-state index in [2.05, 4.69) is 15.4 Å². The van der Waals surface area contributed by atoms with Gasteiger partial charge < -0.3 is 10.2 Å². The fraction of sp³-hybridized carbons (Fsp3) is 0.208. The zero-order chi connectivity index (χ0) is 22.9. The van der Waals surface area contributed by atoms with Crippen molar-refractivity contribution in [1.29, 1.82) is 0 Å². The van der Waals surface area contributed by atoms with Gasteiger partial charge in [0.2, 0.25) is 5.91 Å². The molecule has 0 bridgehead atoms. The molecule has 0 radical (unpaired) electrons. The molecule has 0 unspecified atom stereocenters. The smallest absolute Gasteiger partial charge is 0.278 e. The summed E-state index contributed by atoms with van der Waals surface area (Å²) in [6, 6.07) is 16.4. The Balaban J connectivity index is 1.27. The topological polar surface area (TPSA) is 97.2 Å². The number of hydrogen-bond acceptors (Lipinski definition) is 6. The first-order valence-electron chi connectivity index (χ1n) is 10.6. The van der Waals surface area contributed by atoms with E-state index in [0.29, 0.717) is 11.7 Å². The van der Waals surface area contributed by atoms with Gasteiger partial charge in [-0.3, -0.25) is 14.4 Å². The molecule has 2 amide bonds. The zero-order valence-corrected chi connectivity index (χ0v) is 18.8. The highest BCUT2D eigenvalue weighted by atomic mass is 32.1. The fourth-order valence-corrected chi connectivity index (χ4v) is 4.87. The highest BCUT2D eigenvalue weighted by Crippen LogP contribution is 2.28. The highest BCUT2D eigenvalue weighted by molar-refractivity contribution is 7.22. The van der Waals surface area contributed by atoms with E-state index in [0.717, 1.165) is 38.1 Å². The molecule has 2 aromatic carbocycles. The minimum absolute atomic E-state index is 0.0338. The first kappa shape index (κ1) is 21.0. The van der Waals surface area contributed by atoms with E-state index in [9.17, 15) is 14.4 Å². The second kappa shape index (κ2) is 8.59. The molecule has 166 valence electrons. The molecule has 9 heteroatoms. The number of carbonyl (C=O) groups excluding carboxylic acids is 2. The van der Waals surface area contributed by atoms with Crippen molar-refractivity contribution in [3.63, 3.8) is 0 Å². The van der Waals surface area contributed by atoms with Crippen LogP contribution in [0.3, 0.4) is 0 Å². The van der Waals surface area contributed by atoms with Gasteiger partial charge >= 0.3 is 0 Å². The summed E-state index contributed by atoms with van der Waals surface area (Å²) in [6.45, 7) is 2.64. The minimum Gasteiger partial charge on any atom is -0.306 e. The molecule has 2 aromatic heterocycles. The summed E-state index contributed by atoms with van der Waals surface area (Å²) in [5, 5.41) is 7.53. The van der Waals surface area contributed by atoms with Crippen LogP contribution in [0, 0.1) is 6.92 Å². The number of carbonyl (C=O) groups is 2. The summed E-state index contributed by atoms with van der Waals surface area (Å²) in [6.07, 6.45) is 0.819. The van der Waals surface area contributed by atoms with Crippen LogP contribution in [0.1, 0.15) is 28.0 Å². The number of hydrogen-bond donors (Lipinski definition) is 1. The third kappa shape index (κ3) is 4.27. The predicted molar refractivity (Wildman–Crippen MR) is 128 cm³/mol. The van der Waals surface area contributed by atoms with Gasteiger partial charge in [-0.25, -0.2) is 9.67 Å². The molecule has 0 aliphatic carbocycles. The third-order valence-electron chi connectivity index (χ3n) is 5.56. The van der Waals surface area contributed by atoms with Crippen molar-refractivity contribution >= 4 is 44.2 Å². The maximum Gasteiger partial charge on any atom is 0.278 e. The van der Waals surface area contributed by atoms with Gasteiger partial charge in [0.1, 0.15) is 5.69 Å². The van der Waals surface area contributed by atoms with Gasteiger partial charge in [-0.2, -0.15) is 5.10 Å². The van der Waals surface area contributed by atoms with Crippen molar-refractivity contribution in [3.8, 4) is 0 Å². The normalized spacial score (nSPS) is 12.7. The second-order valence-corrected chi connectivity index (χ2v) is 8.93. The van der Waals surface area contributed by atoms with Gasteiger partial charge in [-0.05, 0) is 48.7 Å². The molecule has 0 spiro atoms. The Morgan fingerprint density at radius 3 is 2.85 bits per heavy atom. The number of rotatable bonds is 5. The van der Waals surface area contributed by atoms with E-state index < -0.39 is 0 Å². The van der Waals surface area contributed by atoms with E-state index >= 15 is 0 Å². The molecule has 8 nitrogen and oxygen atoms in total. The minimum atomic E-state index is -0.364. The number of aromatic nitrogens is 3. The average Bonchev–Trinajstić information content (AvgIpc) is 3.41. The van der Waals surface area contributed by atoms with Crippen molar-refractivity contribution in [3.05, 3.63) is 81.8 Å². The molecule has 1 aliphatic heterocycles. The Labute approximate surface area is 193 Å². The second-order valence-electron chi connectivity index (χ2n) is 7.90. The molecule has 0 saturated carbocycles. The SMILES string of the molecule is Cc1ccc2nc(NC(=O)CCn3nc(C(=O)N4CCc5ccccc54)ccc3=O)sc2c1. The van der Waals surface area contributed by atoms with Crippen LogP contribution in [0.4, 0.5) is 10.8 Å². The van der Waals surface area contributed by atoms with Crippen molar-refractivity contribution in [2.75, 3.05) is 16.8 Å². The third-order valence-corrected chi connectivity index (χ3v) is 6.49. The summed E-state index contributed by atoms with van der Waals surface area (Å²) >= 11 is 1.40. The van der Waals surface area contributed by atoms with Crippen LogP contribution >= 0.6 is 11.3 Å². The number of nitrogens with zero attached hydrogens (tertiary/aromatic N) is 4. The number of para-hydroxylation sites is 1. The van der Waals surface area contributed by atoms with Gasteiger partial charge in [-0.15, -0.1) is 0 Å². The molecule has 3 heterocycles. The number of thiazole rings is 1. The van der Waals surface area contributed by atoms with Crippen LogP contribution in [-0.2, 0) is 17.8 Å². The van der Waals surface area contributed by atoms with E-state index in [-0.39, 0.29) is 36.0 Å². The van der Waals surface area contributed by atoms with Crippen molar-refractivity contribution in [1.82, 2.24) is 14.8 Å². The van der Waals surface area contributed by atoms with Gasteiger partial charge in [0.05, 0.1) is 16.8 Å². The molecule has 33 heavy (non-hydrogen) atoms. The van der Waals surface area contributed by atoms with Gasteiger partial charge in [-0.1, -0.05) is 35.6 Å². The lowest BCUT2D eigenvalue weighted by atomic mass is 10.2. The maximum atomic E-state index is 13.0. The average molecular weight is 460 g/mol. The number of anilines is 2. The number of nitrogens with one attached hydrogen (secondary N) is 1. The Bertz CT molecular complexity index is 1440. The van der Waals surface area contributed by atoms with Crippen LogP contribution < -0.4 is 15.8 Å². The molecule has 0 fully saturated rings. The molecule has 1 aliphatic rings. The van der Waals surface area contributed by atoms with E-state index in [1.54, 1.807) is 4.90 Å². The number of benzene rings is 2. The summed E-state index contributed by atoms with van der Waals surface area (Å²) in [4.78, 5) is 43.8. The maximum absolute atomic E-state index is 13.0. The molecule has 4 aromatic rings. The lowest BCUT2D eigenvalue weighted by Crippen LogP contribution is -2.33. The Morgan fingerprint density at radius 2 is 1.97 bits per heavy atom. The summed E-state index contributed by atoms with van der Waals surface area (Å²) in [7, 11) is 0. The van der Waals surface area contributed by atoms with Gasteiger partial charge in [0.25, 0.3) is 11.5 Å². The first-order valence-corrected chi connectivity index (χ1v) is 11.4. The molecule has 1 N–H and O–H groups in total. The Hall–Kier alpha value is -3.85. The van der Waals surface area contributed by atoms with Crippen LogP contribution in [-0.4, -0.2) is 33.1 Å². The number of aryl methyl sites for hydroxylation is 2. The number of fused-ring (bicyclic) bond motifs is 2. The molecule has 0 saturated heterocycles. The summed E-state index contributed by atoms with van der Waals surface area (Å²) in [5.74, 6) is -0.535. The summed E-state index contributed by atoms with van der Waals surface area (Å²) < 4.78 is 2.16. The van der Waals surface area contributed by atoms with Crippen molar-refractivity contribution < 1.29 is 9.59 Å². The quantitative estimate of drug-likeness (QED) is 0.493. The molecular weight excluding hydrogens is 438 g/mol. The fourth-order valence-electron chi connectivity index (χ4n) is 3.89. The van der Waals surface area contributed by atoms with E-state index in [1.165, 1.54) is 23.5 Å².